The van der Waals surface area contributed by atoms with Crippen molar-refractivity contribution >= 4 is 28.6 Å². The van der Waals surface area contributed by atoms with E-state index in [-0.39, 0.29) is 11.4 Å². The molecule has 4 nitrogen and oxygen atoms in total. The number of halogens is 1. The maximum atomic E-state index is 13.5. The number of aromatic nitrogens is 1. The van der Waals surface area contributed by atoms with E-state index in [0.29, 0.717) is 12.2 Å². The summed E-state index contributed by atoms with van der Waals surface area (Å²) in [5.41, 5.74) is 5.39. The number of rotatable bonds is 5. The predicted octanol–water partition coefficient (Wildman–Crippen LogP) is 5.99. The van der Waals surface area contributed by atoms with Crippen molar-refractivity contribution in [1.82, 2.24) is 4.57 Å². The van der Waals surface area contributed by atoms with Crippen LogP contribution >= 0.6 is 0 Å². The molecule has 5 heteroatoms. The summed E-state index contributed by atoms with van der Waals surface area (Å²) in [5, 5.41) is 13.3. The molecule has 4 rings (SSSR count). The lowest BCUT2D eigenvalue weighted by Crippen LogP contribution is -2.14. The van der Waals surface area contributed by atoms with Gasteiger partial charge in [0.15, 0.2) is 0 Å². The van der Waals surface area contributed by atoms with Crippen LogP contribution in [0.3, 0.4) is 0 Å². The molecule has 0 atom stereocenters. The fourth-order valence-corrected chi connectivity index (χ4v) is 3.74. The van der Waals surface area contributed by atoms with Gasteiger partial charge in [0.1, 0.15) is 17.5 Å². The van der Waals surface area contributed by atoms with Crippen molar-refractivity contribution in [2.75, 3.05) is 5.32 Å². The Bertz CT molecular complexity index is 1390. The molecule has 0 saturated carbocycles. The molecule has 1 amide bonds. The molecule has 0 fully saturated rings. The van der Waals surface area contributed by atoms with Crippen LogP contribution in [0, 0.1) is 31.0 Å². The van der Waals surface area contributed by atoms with Gasteiger partial charge in [-0.05, 0) is 73.0 Å². The molecule has 1 aromatic heterocycles. The largest absolute Gasteiger partial charge is 0.343 e. The minimum atomic E-state index is -0.441. The van der Waals surface area contributed by atoms with Gasteiger partial charge in [-0.15, -0.1) is 0 Å². The van der Waals surface area contributed by atoms with E-state index in [1.807, 2.05) is 79.2 Å². The molecule has 4 aromatic rings. The van der Waals surface area contributed by atoms with E-state index in [1.54, 1.807) is 12.1 Å². The van der Waals surface area contributed by atoms with Crippen LogP contribution in [0.5, 0.6) is 0 Å². The number of nitrogens with one attached hydrogen (secondary N) is 1. The second kappa shape index (κ2) is 8.91. The normalized spacial score (nSPS) is 11.4. The number of hydrogen-bond donors (Lipinski definition) is 1. The lowest BCUT2D eigenvalue weighted by molar-refractivity contribution is -0.112. The van der Waals surface area contributed by atoms with Gasteiger partial charge in [0.05, 0.1) is 0 Å². The van der Waals surface area contributed by atoms with Gasteiger partial charge in [-0.1, -0.05) is 35.9 Å². The fourth-order valence-electron chi connectivity index (χ4n) is 3.74. The highest BCUT2D eigenvalue weighted by atomic mass is 19.1. The number of nitriles is 1. The summed E-state index contributed by atoms with van der Waals surface area (Å²) >= 11 is 0. The highest BCUT2D eigenvalue weighted by molar-refractivity contribution is 6.10. The molecular weight excluding hydrogens is 401 g/mol. The van der Waals surface area contributed by atoms with E-state index >= 15 is 0 Å². The minimum Gasteiger partial charge on any atom is -0.343 e. The molecule has 0 unspecified atom stereocenters. The van der Waals surface area contributed by atoms with Crippen molar-refractivity contribution in [1.29, 1.82) is 5.26 Å². The van der Waals surface area contributed by atoms with Crippen LogP contribution in [0.4, 0.5) is 10.1 Å². The Hall–Kier alpha value is -4.17. The van der Waals surface area contributed by atoms with Crippen molar-refractivity contribution in [2.45, 2.75) is 20.4 Å². The Morgan fingerprint density at radius 1 is 1.09 bits per heavy atom. The van der Waals surface area contributed by atoms with Crippen molar-refractivity contribution in [2.24, 2.45) is 0 Å². The summed E-state index contributed by atoms with van der Waals surface area (Å²) in [5.74, 6) is -0.697. The molecule has 0 saturated heterocycles. The van der Waals surface area contributed by atoms with Crippen LogP contribution in [-0.4, -0.2) is 10.5 Å². The average Bonchev–Trinajstić information content (AvgIpc) is 3.16. The maximum absolute atomic E-state index is 13.5. The van der Waals surface area contributed by atoms with Gasteiger partial charge >= 0.3 is 0 Å². The van der Waals surface area contributed by atoms with Crippen molar-refractivity contribution in [3.05, 3.63) is 107 Å². The predicted molar refractivity (Wildman–Crippen MR) is 126 cm³/mol. The number of benzene rings is 3. The monoisotopic (exact) mass is 423 g/mol. The van der Waals surface area contributed by atoms with Crippen molar-refractivity contribution in [3.8, 4) is 6.07 Å². The number of hydrogen-bond acceptors (Lipinski definition) is 2. The molecule has 1 N–H and O–H groups in total. The SMILES string of the molecule is Cc1ccc(NC(=O)/C(C#N)=C/c2ccc3c(ccn3Cc3cccc(F)c3)c2)c(C)c1. The van der Waals surface area contributed by atoms with Gasteiger partial charge in [0.25, 0.3) is 5.91 Å². The average molecular weight is 423 g/mol. The molecule has 3 aromatic carbocycles. The van der Waals surface area contributed by atoms with Crippen LogP contribution in [0.2, 0.25) is 0 Å². The fraction of sp³-hybridized carbons (Fsp3) is 0.111. The number of nitrogens with zero attached hydrogens (tertiary/aromatic N) is 2. The minimum absolute atomic E-state index is 0.0310. The van der Waals surface area contributed by atoms with Crippen LogP contribution in [0.25, 0.3) is 17.0 Å². The van der Waals surface area contributed by atoms with Crippen molar-refractivity contribution < 1.29 is 9.18 Å². The lowest BCUT2D eigenvalue weighted by atomic mass is 10.1. The molecule has 0 aliphatic rings. The molecular formula is C27H22FN3O. The summed E-state index contributed by atoms with van der Waals surface area (Å²) in [7, 11) is 0. The summed E-state index contributed by atoms with van der Waals surface area (Å²) in [4.78, 5) is 12.6. The highest BCUT2D eigenvalue weighted by Gasteiger charge is 2.12. The summed E-state index contributed by atoms with van der Waals surface area (Å²) in [6.45, 7) is 4.46. The molecule has 158 valence electrons. The summed E-state index contributed by atoms with van der Waals surface area (Å²) < 4.78 is 15.5. The second-order valence-electron chi connectivity index (χ2n) is 7.83. The number of amides is 1. The van der Waals surface area contributed by atoms with E-state index in [0.717, 1.165) is 33.2 Å². The van der Waals surface area contributed by atoms with E-state index in [4.69, 9.17) is 0 Å². The number of fused-ring (bicyclic) bond motifs is 1. The Balaban J connectivity index is 1.57. The van der Waals surface area contributed by atoms with E-state index in [1.165, 1.54) is 12.1 Å². The Kier molecular flexibility index (Phi) is 5.87. The zero-order valence-corrected chi connectivity index (χ0v) is 17.9. The molecule has 32 heavy (non-hydrogen) atoms. The number of anilines is 1. The third-order valence-corrected chi connectivity index (χ3v) is 5.34. The molecule has 0 bridgehead atoms. The van der Waals surface area contributed by atoms with E-state index < -0.39 is 5.91 Å². The number of carbonyl (C=O) groups excluding carboxylic acids is 1. The van der Waals surface area contributed by atoms with Crippen LogP contribution < -0.4 is 5.32 Å². The van der Waals surface area contributed by atoms with Crippen LogP contribution in [0.15, 0.2) is 78.5 Å². The Labute approximate surface area is 186 Å². The quantitative estimate of drug-likeness (QED) is 0.317. The van der Waals surface area contributed by atoms with Gasteiger partial charge < -0.3 is 9.88 Å². The summed E-state index contributed by atoms with van der Waals surface area (Å²) in [6, 6.07) is 22.0. The van der Waals surface area contributed by atoms with E-state index in [2.05, 4.69) is 5.32 Å². The van der Waals surface area contributed by atoms with Gasteiger partial charge in [-0.2, -0.15) is 5.26 Å². The van der Waals surface area contributed by atoms with E-state index in [9.17, 15) is 14.4 Å². The van der Waals surface area contributed by atoms with Crippen LogP contribution in [0.1, 0.15) is 22.3 Å². The highest BCUT2D eigenvalue weighted by Crippen LogP contribution is 2.22. The van der Waals surface area contributed by atoms with Gasteiger partial charge in [0, 0.05) is 29.3 Å². The van der Waals surface area contributed by atoms with Crippen molar-refractivity contribution in [3.63, 3.8) is 0 Å². The topological polar surface area (TPSA) is 57.8 Å². The lowest BCUT2D eigenvalue weighted by Gasteiger charge is -2.09. The van der Waals surface area contributed by atoms with Gasteiger partial charge in [0.2, 0.25) is 0 Å². The first kappa shape index (κ1) is 21.1. The molecule has 0 spiro atoms. The molecule has 0 aliphatic carbocycles. The standard InChI is InChI=1S/C27H22FN3O/c1-18-6-8-25(19(2)12-18)30-27(32)23(16-29)14-20-7-9-26-22(13-20)10-11-31(26)17-21-4-3-5-24(28)15-21/h3-15H,17H2,1-2H3,(H,30,32)/b23-14+. The third-order valence-electron chi connectivity index (χ3n) is 5.34. The molecule has 1 heterocycles. The van der Waals surface area contributed by atoms with Gasteiger partial charge in [-0.25, -0.2) is 4.39 Å². The molecule has 0 radical (unpaired) electrons. The molecule has 0 aliphatic heterocycles. The zero-order chi connectivity index (χ0) is 22.7. The first-order valence-corrected chi connectivity index (χ1v) is 10.3. The summed E-state index contributed by atoms with van der Waals surface area (Å²) in [6.07, 6.45) is 3.53. The first-order chi connectivity index (χ1) is 15.4. The zero-order valence-electron chi connectivity index (χ0n) is 17.9. The van der Waals surface area contributed by atoms with Crippen LogP contribution in [-0.2, 0) is 11.3 Å². The Morgan fingerprint density at radius 3 is 2.69 bits per heavy atom. The first-order valence-electron chi connectivity index (χ1n) is 10.3. The third kappa shape index (κ3) is 4.60. The smallest absolute Gasteiger partial charge is 0.266 e. The van der Waals surface area contributed by atoms with Gasteiger partial charge in [-0.3, -0.25) is 4.79 Å². The Morgan fingerprint density at radius 2 is 1.94 bits per heavy atom. The number of aryl methyl sites for hydroxylation is 2. The maximum Gasteiger partial charge on any atom is 0.266 e. The second-order valence-corrected chi connectivity index (χ2v) is 7.83. The number of carbonyl (C=O) groups is 1.